The second-order valence-electron chi connectivity index (χ2n) is 4.71. The molecule has 0 aromatic heterocycles. The van der Waals surface area contributed by atoms with Gasteiger partial charge < -0.3 is 9.84 Å². The first-order valence-electron chi connectivity index (χ1n) is 5.73. The van der Waals surface area contributed by atoms with Gasteiger partial charge in [0.1, 0.15) is 0 Å². The average molecular weight is 349 g/mol. The molecule has 1 aromatic carbocycles. The van der Waals surface area contributed by atoms with Crippen LogP contribution in [-0.2, 0) is 15.5 Å². The lowest BCUT2D eigenvalue weighted by Crippen LogP contribution is -2.24. The molecule has 106 valence electrons. The molecule has 19 heavy (non-hydrogen) atoms. The lowest BCUT2D eigenvalue weighted by molar-refractivity contribution is 0.0205. The number of benzene rings is 1. The number of carboxylic acids is 1. The molecule has 1 rings (SSSR count). The number of halogens is 1. The third kappa shape index (κ3) is 4.71. The van der Waals surface area contributed by atoms with Gasteiger partial charge in [-0.2, -0.15) is 0 Å². The summed E-state index contributed by atoms with van der Waals surface area (Å²) in [4.78, 5) is 11.5. The zero-order valence-corrected chi connectivity index (χ0v) is 13.5. The van der Waals surface area contributed by atoms with Crippen LogP contribution in [-0.4, -0.2) is 33.7 Å². The summed E-state index contributed by atoms with van der Waals surface area (Å²) >= 11 is 3.16. The summed E-state index contributed by atoms with van der Waals surface area (Å²) in [6, 6.07) is 4.73. The SMILES string of the molecule is COC(C)(C)CCS(=O)c1ccc(Br)c(C(=O)O)c1. The van der Waals surface area contributed by atoms with E-state index >= 15 is 0 Å². The van der Waals surface area contributed by atoms with E-state index in [-0.39, 0.29) is 11.2 Å². The van der Waals surface area contributed by atoms with E-state index in [0.717, 1.165) is 0 Å². The minimum atomic E-state index is -1.23. The molecule has 0 saturated carbocycles. The topological polar surface area (TPSA) is 63.6 Å². The van der Waals surface area contributed by atoms with Crippen LogP contribution in [0, 0.1) is 0 Å². The molecular formula is C13H17BrO4S. The van der Waals surface area contributed by atoms with Crippen molar-refractivity contribution in [2.45, 2.75) is 30.8 Å². The molecule has 0 aliphatic heterocycles. The van der Waals surface area contributed by atoms with E-state index in [1.807, 2.05) is 13.8 Å². The molecule has 0 saturated heterocycles. The van der Waals surface area contributed by atoms with Gasteiger partial charge in [0.05, 0.1) is 22.0 Å². The average Bonchev–Trinajstić information content (AvgIpc) is 2.36. The van der Waals surface area contributed by atoms with Crippen molar-refractivity contribution in [2.75, 3.05) is 12.9 Å². The highest BCUT2D eigenvalue weighted by Gasteiger charge is 2.19. The molecule has 0 aliphatic rings. The number of carboxylic acid groups (broad SMARTS) is 1. The van der Waals surface area contributed by atoms with Crippen LogP contribution in [0.3, 0.4) is 0 Å². The Bertz CT molecular complexity index is 499. The number of aromatic carboxylic acids is 1. The van der Waals surface area contributed by atoms with Crippen molar-refractivity contribution in [3.63, 3.8) is 0 Å². The van der Waals surface area contributed by atoms with Gasteiger partial charge in [-0.25, -0.2) is 4.79 Å². The monoisotopic (exact) mass is 348 g/mol. The van der Waals surface area contributed by atoms with Crippen LogP contribution in [0.4, 0.5) is 0 Å². The lowest BCUT2D eigenvalue weighted by Gasteiger charge is -2.22. The number of rotatable bonds is 6. The van der Waals surface area contributed by atoms with E-state index in [2.05, 4.69) is 15.9 Å². The Morgan fingerprint density at radius 2 is 2.11 bits per heavy atom. The van der Waals surface area contributed by atoms with Crippen molar-refractivity contribution in [3.05, 3.63) is 28.2 Å². The first kappa shape index (κ1) is 16.3. The molecule has 6 heteroatoms. The van der Waals surface area contributed by atoms with E-state index < -0.39 is 16.8 Å². The number of ether oxygens (including phenoxy) is 1. The second-order valence-corrected chi connectivity index (χ2v) is 7.14. The van der Waals surface area contributed by atoms with Crippen LogP contribution in [0.5, 0.6) is 0 Å². The van der Waals surface area contributed by atoms with E-state index in [1.165, 1.54) is 6.07 Å². The molecule has 1 unspecified atom stereocenters. The van der Waals surface area contributed by atoms with Gasteiger partial charge in [0.15, 0.2) is 0 Å². The van der Waals surface area contributed by atoms with Gasteiger partial charge in [0, 0.05) is 22.2 Å². The van der Waals surface area contributed by atoms with Crippen LogP contribution in [0.2, 0.25) is 0 Å². The Labute approximate surface area is 123 Å². The quantitative estimate of drug-likeness (QED) is 0.857. The molecule has 0 bridgehead atoms. The first-order valence-corrected chi connectivity index (χ1v) is 7.84. The standard InChI is InChI=1S/C13H17BrO4S/c1-13(2,18-3)6-7-19(17)9-4-5-11(14)10(8-9)12(15)16/h4-5,8H,6-7H2,1-3H3,(H,15,16). The fourth-order valence-electron chi connectivity index (χ4n) is 1.37. The predicted octanol–water partition coefficient (Wildman–Crippen LogP) is 3.07. The highest BCUT2D eigenvalue weighted by Crippen LogP contribution is 2.22. The molecule has 0 heterocycles. The summed E-state index contributed by atoms with van der Waals surface area (Å²) in [5.41, 5.74) is -0.211. The molecule has 0 amide bonds. The molecule has 1 aromatic rings. The number of carbonyl (C=O) groups is 1. The fourth-order valence-corrected chi connectivity index (χ4v) is 3.17. The van der Waals surface area contributed by atoms with Crippen LogP contribution in [0.15, 0.2) is 27.6 Å². The van der Waals surface area contributed by atoms with Crippen LogP contribution in [0.1, 0.15) is 30.6 Å². The lowest BCUT2D eigenvalue weighted by atomic mass is 10.1. The number of methoxy groups -OCH3 is 1. The van der Waals surface area contributed by atoms with Gasteiger partial charge in [-0.3, -0.25) is 4.21 Å². The Morgan fingerprint density at radius 3 is 2.63 bits per heavy atom. The van der Waals surface area contributed by atoms with E-state index in [4.69, 9.17) is 9.84 Å². The van der Waals surface area contributed by atoms with Gasteiger partial charge in [-0.15, -0.1) is 0 Å². The van der Waals surface area contributed by atoms with Crippen molar-refractivity contribution in [1.29, 1.82) is 0 Å². The summed E-state index contributed by atoms with van der Waals surface area (Å²) in [7, 11) is 0.385. The van der Waals surface area contributed by atoms with Gasteiger partial charge in [-0.05, 0) is 54.4 Å². The van der Waals surface area contributed by atoms with Gasteiger partial charge in [0.25, 0.3) is 0 Å². The Kier molecular flexibility index (Phi) is 5.70. The highest BCUT2D eigenvalue weighted by atomic mass is 79.9. The molecule has 0 aliphatic carbocycles. The second kappa shape index (κ2) is 6.63. The molecule has 0 fully saturated rings. The molecular weight excluding hydrogens is 332 g/mol. The van der Waals surface area contributed by atoms with Gasteiger partial charge in [0.2, 0.25) is 0 Å². The third-order valence-electron chi connectivity index (χ3n) is 2.87. The molecule has 1 N–H and O–H groups in total. The molecule has 0 spiro atoms. The predicted molar refractivity (Wildman–Crippen MR) is 78.1 cm³/mol. The maximum Gasteiger partial charge on any atom is 0.336 e. The van der Waals surface area contributed by atoms with Crippen LogP contribution < -0.4 is 0 Å². The first-order chi connectivity index (χ1) is 8.76. The summed E-state index contributed by atoms with van der Waals surface area (Å²) in [6.07, 6.45) is 0.634. The summed E-state index contributed by atoms with van der Waals surface area (Å²) in [5, 5.41) is 9.02. The van der Waals surface area contributed by atoms with Gasteiger partial charge in [-0.1, -0.05) is 0 Å². The zero-order chi connectivity index (χ0) is 14.6. The minimum absolute atomic E-state index is 0.122. The maximum atomic E-state index is 12.1. The van der Waals surface area contributed by atoms with Crippen molar-refractivity contribution in [2.24, 2.45) is 0 Å². The van der Waals surface area contributed by atoms with E-state index in [0.29, 0.717) is 21.5 Å². The Balaban J connectivity index is 2.84. The largest absolute Gasteiger partial charge is 0.478 e. The number of hydrogen-bond acceptors (Lipinski definition) is 3. The zero-order valence-electron chi connectivity index (χ0n) is 11.1. The molecule has 1 atom stereocenters. The molecule has 4 nitrogen and oxygen atoms in total. The maximum absolute atomic E-state index is 12.1. The van der Waals surface area contributed by atoms with Crippen LogP contribution in [0.25, 0.3) is 0 Å². The highest BCUT2D eigenvalue weighted by molar-refractivity contribution is 9.10. The van der Waals surface area contributed by atoms with E-state index in [1.54, 1.807) is 19.2 Å². The van der Waals surface area contributed by atoms with Crippen molar-refractivity contribution in [3.8, 4) is 0 Å². The molecule has 0 radical (unpaired) electrons. The van der Waals surface area contributed by atoms with Crippen molar-refractivity contribution < 1.29 is 18.8 Å². The number of hydrogen-bond donors (Lipinski definition) is 1. The summed E-state index contributed by atoms with van der Waals surface area (Å²) < 4.78 is 17.9. The summed E-state index contributed by atoms with van der Waals surface area (Å²) in [6.45, 7) is 3.85. The van der Waals surface area contributed by atoms with Gasteiger partial charge >= 0.3 is 5.97 Å². The summed E-state index contributed by atoms with van der Waals surface area (Å²) in [5.74, 6) is -0.607. The van der Waals surface area contributed by atoms with Crippen molar-refractivity contribution >= 4 is 32.7 Å². The minimum Gasteiger partial charge on any atom is -0.478 e. The Morgan fingerprint density at radius 1 is 1.47 bits per heavy atom. The normalized spacial score (nSPS) is 13.3. The third-order valence-corrected chi connectivity index (χ3v) is 4.92. The van der Waals surface area contributed by atoms with Crippen molar-refractivity contribution in [1.82, 2.24) is 0 Å². The van der Waals surface area contributed by atoms with Crippen LogP contribution >= 0.6 is 15.9 Å². The van der Waals surface area contributed by atoms with E-state index in [9.17, 15) is 9.00 Å². The smallest absolute Gasteiger partial charge is 0.336 e. The fraction of sp³-hybridized carbons (Fsp3) is 0.462. The Hall–Kier alpha value is -0.720.